The lowest BCUT2D eigenvalue weighted by molar-refractivity contribution is -0.136. The van der Waals surface area contributed by atoms with Crippen LogP contribution < -0.4 is 10.2 Å². The summed E-state index contributed by atoms with van der Waals surface area (Å²) in [6.45, 7) is 5.62. The zero-order valence-corrected chi connectivity index (χ0v) is 19.1. The monoisotopic (exact) mass is 460 g/mol. The maximum Gasteiger partial charge on any atom is 0.418 e. The van der Waals surface area contributed by atoms with E-state index in [1.807, 2.05) is 0 Å². The zero-order chi connectivity index (χ0) is 23.3. The Hall–Kier alpha value is -2.35. The number of nitrogens with one attached hydrogen (secondary N) is 1. The van der Waals surface area contributed by atoms with E-state index in [0.717, 1.165) is 37.8 Å². The minimum Gasteiger partial charge on any atom is -0.369 e. The lowest BCUT2D eigenvalue weighted by atomic mass is 9.60. The van der Waals surface area contributed by atoms with Crippen LogP contribution in [0.4, 0.5) is 18.9 Å². The lowest BCUT2D eigenvalue weighted by Gasteiger charge is -2.53. The molecule has 1 aliphatic carbocycles. The Morgan fingerprint density at radius 3 is 2.61 bits per heavy atom. The Balaban J connectivity index is 1.30. The smallest absolute Gasteiger partial charge is 0.369 e. The van der Waals surface area contributed by atoms with Gasteiger partial charge in [-0.2, -0.15) is 13.2 Å². The van der Waals surface area contributed by atoms with Gasteiger partial charge in [-0.15, -0.1) is 0 Å². The molecule has 178 valence electrons. The maximum atomic E-state index is 13.5. The molecule has 8 heteroatoms. The van der Waals surface area contributed by atoms with Crippen molar-refractivity contribution in [3.63, 3.8) is 0 Å². The number of halogens is 3. The van der Waals surface area contributed by atoms with Gasteiger partial charge in [-0.05, 0) is 67.8 Å². The lowest BCUT2D eigenvalue weighted by Crippen LogP contribution is -2.56. The maximum absolute atomic E-state index is 13.5. The van der Waals surface area contributed by atoms with Gasteiger partial charge in [-0.1, -0.05) is 6.92 Å². The number of benzene rings is 1. The molecule has 2 aliphatic heterocycles. The van der Waals surface area contributed by atoms with Gasteiger partial charge in [0.1, 0.15) is 0 Å². The minimum absolute atomic E-state index is 0.0159. The molecule has 0 radical (unpaired) electrons. The first-order chi connectivity index (χ1) is 15.7. The standard InChI is InChI=1S/C25H31F3N4O/c1-15-8-18(30-23(33)10-20-16-9-17(20)13-31(2)12-16)14-32(11-15)22-6-5-21(25(26,27)28)24-19(22)4-3-7-29-24/h3-7,15-18,20H,8-14H2,1-2H3,(H,30,33)/t15-,16-,17+,18+,20?/m1/s1. The highest BCUT2D eigenvalue weighted by atomic mass is 19.4. The molecule has 3 aliphatic rings. The number of alkyl halides is 3. The van der Waals surface area contributed by atoms with E-state index >= 15 is 0 Å². The van der Waals surface area contributed by atoms with Crippen LogP contribution in [0, 0.1) is 23.7 Å². The predicted molar refractivity (Wildman–Crippen MR) is 122 cm³/mol. The highest BCUT2D eigenvalue weighted by Gasteiger charge is 2.46. The molecule has 2 aromatic rings. The fraction of sp³-hybridized carbons (Fsp3) is 0.600. The fourth-order valence-corrected chi connectivity index (χ4v) is 6.37. The first-order valence-electron chi connectivity index (χ1n) is 11.9. The number of hydrogen-bond donors (Lipinski definition) is 1. The number of nitrogens with zero attached hydrogens (tertiary/aromatic N) is 3. The number of amides is 1. The highest BCUT2D eigenvalue weighted by molar-refractivity contribution is 5.94. The average molecular weight is 461 g/mol. The van der Waals surface area contributed by atoms with Gasteiger partial charge >= 0.3 is 6.18 Å². The van der Waals surface area contributed by atoms with Crippen molar-refractivity contribution in [1.82, 2.24) is 15.2 Å². The van der Waals surface area contributed by atoms with Crippen molar-refractivity contribution >= 4 is 22.5 Å². The molecule has 1 aromatic carbocycles. The molecule has 5 nitrogen and oxygen atoms in total. The fourth-order valence-electron chi connectivity index (χ4n) is 6.37. The minimum atomic E-state index is -4.45. The predicted octanol–water partition coefficient (Wildman–Crippen LogP) is 4.17. The molecule has 1 unspecified atom stereocenters. The second-order valence-corrected chi connectivity index (χ2v) is 10.4. The Labute approximate surface area is 192 Å². The summed E-state index contributed by atoms with van der Waals surface area (Å²) in [6.07, 6.45) is -0.353. The second kappa shape index (κ2) is 8.46. The molecule has 3 heterocycles. The number of rotatable bonds is 4. The summed E-state index contributed by atoms with van der Waals surface area (Å²) in [5.41, 5.74) is 0.00437. The quantitative estimate of drug-likeness (QED) is 0.744. The summed E-state index contributed by atoms with van der Waals surface area (Å²) in [4.78, 5) is 21.4. The normalized spacial score (nSPS) is 30.2. The van der Waals surface area contributed by atoms with E-state index in [0.29, 0.717) is 42.0 Å². The molecule has 33 heavy (non-hydrogen) atoms. The van der Waals surface area contributed by atoms with Crippen molar-refractivity contribution in [2.75, 3.05) is 38.1 Å². The van der Waals surface area contributed by atoms with Crippen LogP contribution in [0.1, 0.15) is 31.7 Å². The van der Waals surface area contributed by atoms with E-state index in [1.54, 1.807) is 18.2 Å². The molecule has 3 fully saturated rings. The SMILES string of the molecule is C[C@@H]1C[C@H](NC(=O)CC2[C@@H]3C[C@H]2CN(C)C3)CN(c2ccc(C(F)(F)F)c3ncccc23)C1. The van der Waals surface area contributed by atoms with Crippen molar-refractivity contribution in [3.8, 4) is 0 Å². The van der Waals surface area contributed by atoms with Crippen LogP contribution in [-0.4, -0.2) is 55.1 Å². The summed E-state index contributed by atoms with van der Waals surface area (Å²) < 4.78 is 40.5. The second-order valence-electron chi connectivity index (χ2n) is 10.4. The number of fused-ring (bicyclic) bond motifs is 3. The van der Waals surface area contributed by atoms with Crippen LogP contribution in [-0.2, 0) is 11.0 Å². The van der Waals surface area contributed by atoms with Gasteiger partial charge in [-0.25, -0.2) is 0 Å². The third kappa shape index (κ3) is 4.42. The first-order valence-corrected chi connectivity index (χ1v) is 11.9. The van der Waals surface area contributed by atoms with Crippen LogP contribution in [0.5, 0.6) is 0 Å². The molecule has 1 N–H and O–H groups in total. The number of carbonyl (C=O) groups excluding carboxylic acids is 1. The number of pyridine rings is 1. The van der Waals surface area contributed by atoms with E-state index in [2.05, 4.69) is 34.1 Å². The van der Waals surface area contributed by atoms with Crippen LogP contribution in [0.2, 0.25) is 0 Å². The molecule has 2 bridgehead atoms. The van der Waals surface area contributed by atoms with E-state index in [-0.39, 0.29) is 17.5 Å². The van der Waals surface area contributed by atoms with Gasteiger partial charge in [0, 0.05) is 55.9 Å². The van der Waals surface area contributed by atoms with E-state index in [9.17, 15) is 18.0 Å². The van der Waals surface area contributed by atoms with E-state index in [4.69, 9.17) is 0 Å². The summed E-state index contributed by atoms with van der Waals surface area (Å²) in [5.74, 6) is 2.18. The summed E-state index contributed by atoms with van der Waals surface area (Å²) in [6, 6.07) is 6.04. The Kier molecular flexibility index (Phi) is 5.75. The Bertz CT molecular complexity index is 1030. The molecule has 2 saturated heterocycles. The molecule has 1 amide bonds. The van der Waals surface area contributed by atoms with Crippen molar-refractivity contribution in [3.05, 3.63) is 36.0 Å². The molecule has 1 aromatic heterocycles. The van der Waals surface area contributed by atoms with Gasteiger partial charge < -0.3 is 15.1 Å². The van der Waals surface area contributed by atoms with Gasteiger partial charge in [0.15, 0.2) is 0 Å². The first kappa shape index (κ1) is 22.4. The average Bonchev–Trinajstić information content (AvgIpc) is 2.75. The summed E-state index contributed by atoms with van der Waals surface area (Å²) >= 11 is 0. The van der Waals surface area contributed by atoms with Gasteiger partial charge in [0.25, 0.3) is 0 Å². The van der Waals surface area contributed by atoms with E-state index in [1.165, 1.54) is 12.6 Å². The molecular formula is C25H31F3N4O. The Morgan fingerprint density at radius 2 is 1.88 bits per heavy atom. The highest BCUT2D eigenvalue weighted by Crippen LogP contribution is 2.47. The van der Waals surface area contributed by atoms with Crippen molar-refractivity contribution in [2.45, 2.75) is 38.4 Å². The number of piperidine rings is 3. The summed E-state index contributed by atoms with van der Waals surface area (Å²) in [7, 11) is 2.15. The van der Waals surface area contributed by atoms with Gasteiger partial charge in [-0.3, -0.25) is 9.78 Å². The molecule has 0 spiro atoms. The largest absolute Gasteiger partial charge is 0.418 e. The molecule has 5 rings (SSSR count). The van der Waals surface area contributed by atoms with Crippen LogP contribution in [0.25, 0.3) is 10.9 Å². The van der Waals surface area contributed by atoms with Crippen molar-refractivity contribution < 1.29 is 18.0 Å². The third-order valence-electron chi connectivity index (χ3n) is 7.75. The topological polar surface area (TPSA) is 48.5 Å². The van der Waals surface area contributed by atoms with E-state index < -0.39 is 11.7 Å². The zero-order valence-electron chi connectivity index (χ0n) is 19.1. The van der Waals surface area contributed by atoms with Crippen LogP contribution in [0.15, 0.2) is 30.5 Å². The van der Waals surface area contributed by atoms with Gasteiger partial charge in [0.05, 0.1) is 11.1 Å². The van der Waals surface area contributed by atoms with Crippen LogP contribution in [0.3, 0.4) is 0 Å². The number of anilines is 1. The number of hydrogen-bond acceptors (Lipinski definition) is 4. The molecular weight excluding hydrogens is 429 g/mol. The number of aromatic nitrogens is 1. The number of likely N-dealkylation sites (tertiary alicyclic amines) is 1. The number of carbonyl (C=O) groups is 1. The van der Waals surface area contributed by atoms with Crippen LogP contribution >= 0.6 is 0 Å². The Morgan fingerprint density at radius 1 is 1.12 bits per heavy atom. The molecule has 5 atom stereocenters. The molecule has 1 saturated carbocycles. The summed E-state index contributed by atoms with van der Waals surface area (Å²) in [5, 5.41) is 3.74. The van der Waals surface area contributed by atoms with Crippen molar-refractivity contribution in [2.24, 2.45) is 23.7 Å². The van der Waals surface area contributed by atoms with Gasteiger partial charge in [0.2, 0.25) is 5.91 Å². The van der Waals surface area contributed by atoms with Crippen molar-refractivity contribution in [1.29, 1.82) is 0 Å². The third-order valence-corrected chi connectivity index (χ3v) is 7.75.